The number of hydrogen-bond acceptors (Lipinski definition) is 6. The summed E-state index contributed by atoms with van der Waals surface area (Å²) in [5.41, 5.74) is 10.7. The molecule has 0 spiro atoms. The number of thioether (sulfide) groups is 1. The number of nitrogens with two attached hydrogens (primary N) is 3. The van der Waals surface area contributed by atoms with Crippen LogP contribution in [0.4, 0.5) is 5.00 Å². The Bertz CT molecular complexity index is 457. The summed E-state index contributed by atoms with van der Waals surface area (Å²) in [7, 11) is 0. The SMILES string of the molecule is NN=C(N)SCC(=O)Nc1sccc1C(N)=O. The van der Waals surface area contributed by atoms with Gasteiger partial charge in [-0.25, -0.2) is 0 Å². The van der Waals surface area contributed by atoms with Gasteiger partial charge in [0, 0.05) is 0 Å². The molecule has 1 aromatic rings. The summed E-state index contributed by atoms with van der Waals surface area (Å²) in [4.78, 5) is 22.5. The third-order valence-electron chi connectivity index (χ3n) is 1.66. The van der Waals surface area contributed by atoms with Crippen LogP contribution in [0, 0.1) is 0 Å². The Morgan fingerprint density at radius 1 is 1.47 bits per heavy atom. The molecule has 0 bridgehead atoms. The molecule has 0 aliphatic carbocycles. The fourth-order valence-electron chi connectivity index (χ4n) is 0.940. The number of rotatable bonds is 4. The van der Waals surface area contributed by atoms with Crippen molar-refractivity contribution in [1.29, 1.82) is 0 Å². The molecule has 2 amide bonds. The second kappa shape index (κ2) is 6.11. The molecular formula is C8H11N5O2S2. The highest BCUT2D eigenvalue weighted by molar-refractivity contribution is 8.14. The topological polar surface area (TPSA) is 137 Å². The lowest BCUT2D eigenvalue weighted by atomic mass is 10.3. The first-order chi connectivity index (χ1) is 8.04. The number of nitrogens with zero attached hydrogens (tertiary/aromatic N) is 1. The highest BCUT2D eigenvalue weighted by Crippen LogP contribution is 2.22. The summed E-state index contributed by atoms with van der Waals surface area (Å²) < 4.78 is 0. The molecule has 0 saturated heterocycles. The molecule has 1 rings (SSSR count). The molecule has 0 saturated carbocycles. The normalized spacial score (nSPS) is 11.2. The molecule has 0 fully saturated rings. The first-order valence-electron chi connectivity index (χ1n) is 4.38. The van der Waals surface area contributed by atoms with Gasteiger partial charge in [0.25, 0.3) is 5.91 Å². The molecule has 0 atom stereocenters. The van der Waals surface area contributed by atoms with E-state index in [2.05, 4.69) is 10.4 Å². The van der Waals surface area contributed by atoms with Gasteiger partial charge in [-0.1, -0.05) is 11.8 Å². The van der Waals surface area contributed by atoms with Crippen molar-refractivity contribution >= 4 is 45.1 Å². The Kier molecular flexibility index (Phi) is 4.79. The second-order valence-corrected chi connectivity index (χ2v) is 4.74. The lowest BCUT2D eigenvalue weighted by Gasteiger charge is -2.03. The van der Waals surface area contributed by atoms with E-state index in [4.69, 9.17) is 17.3 Å². The van der Waals surface area contributed by atoms with E-state index in [9.17, 15) is 9.59 Å². The highest BCUT2D eigenvalue weighted by atomic mass is 32.2. The van der Waals surface area contributed by atoms with E-state index < -0.39 is 5.91 Å². The van der Waals surface area contributed by atoms with E-state index in [1.807, 2.05) is 0 Å². The molecule has 17 heavy (non-hydrogen) atoms. The van der Waals surface area contributed by atoms with E-state index >= 15 is 0 Å². The van der Waals surface area contributed by atoms with Crippen LogP contribution in [0.25, 0.3) is 0 Å². The Labute approximate surface area is 105 Å². The number of hydrazone groups is 1. The molecule has 0 radical (unpaired) electrons. The van der Waals surface area contributed by atoms with Gasteiger partial charge in [-0.3, -0.25) is 9.59 Å². The van der Waals surface area contributed by atoms with Crippen molar-refractivity contribution in [2.75, 3.05) is 11.1 Å². The molecule has 7 nitrogen and oxygen atoms in total. The monoisotopic (exact) mass is 273 g/mol. The van der Waals surface area contributed by atoms with Crippen LogP contribution in [0.3, 0.4) is 0 Å². The summed E-state index contributed by atoms with van der Waals surface area (Å²) in [5, 5.41) is 7.97. The summed E-state index contributed by atoms with van der Waals surface area (Å²) in [6.07, 6.45) is 0. The van der Waals surface area contributed by atoms with Crippen molar-refractivity contribution < 1.29 is 9.59 Å². The fraction of sp³-hybridized carbons (Fsp3) is 0.125. The van der Waals surface area contributed by atoms with Crippen LogP contribution in [0.5, 0.6) is 0 Å². The van der Waals surface area contributed by atoms with E-state index in [-0.39, 0.29) is 22.4 Å². The first-order valence-corrected chi connectivity index (χ1v) is 6.24. The Morgan fingerprint density at radius 2 is 2.18 bits per heavy atom. The average Bonchev–Trinajstić information content (AvgIpc) is 2.74. The summed E-state index contributed by atoms with van der Waals surface area (Å²) in [5.74, 6) is 4.07. The van der Waals surface area contributed by atoms with Gasteiger partial charge < -0.3 is 22.6 Å². The number of thiophene rings is 1. The van der Waals surface area contributed by atoms with Crippen LogP contribution in [0.2, 0.25) is 0 Å². The molecular weight excluding hydrogens is 262 g/mol. The average molecular weight is 273 g/mol. The number of anilines is 1. The quantitative estimate of drug-likeness (QED) is 0.258. The minimum Gasteiger partial charge on any atom is -0.377 e. The van der Waals surface area contributed by atoms with Crippen LogP contribution in [-0.4, -0.2) is 22.7 Å². The largest absolute Gasteiger partial charge is 0.377 e. The van der Waals surface area contributed by atoms with Crippen LogP contribution in [0.15, 0.2) is 16.5 Å². The van der Waals surface area contributed by atoms with Gasteiger partial charge in [-0.2, -0.15) is 5.10 Å². The number of amides is 2. The highest BCUT2D eigenvalue weighted by Gasteiger charge is 2.12. The number of nitrogens with one attached hydrogen (secondary N) is 1. The zero-order valence-electron chi connectivity index (χ0n) is 8.67. The van der Waals surface area contributed by atoms with Gasteiger partial charge in [-0.05, 0) is 11.4 Å². The second-order valence-electron chi connectivity index (χ2n) is 2.83. The van der Waals surface area contributed by atoms with E-state index in [1.54, 1.807) is 11.4 Å². The van der Waals surface area contributed by atoms with Gasteiger partial charge in [0.1, 0.15) is 5.00 Å². The number of amidine groups is 1. The maximum Gasteiger partial charge on any atom is 0.251 e. The van der Waals surface area contributed by atoms with Gasteiger partial charge in [0.05, 0.1) is 11.3 Å². The Morgan fingerprint density at radius 3 is 2.76 bits per heavy atom. The predicted octanol–water partition coefficient (Wildman–Crippen LogP) is -0.293. The molecule has 9 heteroatoms. The minimum atomic E-state index is -0.586. The predicted molar refractivity (Wildman–Crippen MR) is 69.7 cm³/mol. The van der Waals surface area contributed by atoms with Gasteiger partial charge >= 0.3 is 0 Å². The van der Waals surface area contributed by atoms with Crippen molar-refractivity contribution in [2.45, 2.75) is 0 Å². The van der Waals surface area contributed by atoms with Gasteiger partial charge in [0.15, 0.2) is 5.17 Å². The van der Waals surface area contributed by atoms with Crippen molar-refractivity contribution in [3.63, 3.8) is 0 Å². The summed E-state index contributed by atoms with van der Waals surface area (Å²) in [6.45, 7) is 0. The molecule has 0 aromatic carbocycles. The lowest BCUT2D eigenvalue weighted by molar-refractivity contribution is -0.113. The maximum atomic E-state index is 11.5. The van der Waals surface area contributed by atoms with E-state index in [1.165, 1.54) is 11.3 Å². The molecule has 1 heterocycles. The standard InChI is InChI=1S/C8H11N5O2S2/c9-6(15)4-1-2-16-7(4)12-5(14)3-17-8(10)13-11/h1-2H,3,11H2,(H2,9,15)(H2,10,13)(H,12,14). The third kappa shape index (κ3) is 3.96. The third-order valence-corrected chi connectivity index (χ3v) is 3.30. The smallest absolute Gasteiger partial charge is 0.251 e. The Hall–Kier alpha value is -1.74. The lowest BCUT2D eigenvalue weighted by Crippen LogP contribution is -2.20. The van der Waals surface area contributed by atoms with Crippen molar-refractivity contribution in [2.24, 2.45) is 22.4 Å². The maximum absolute atomic E-state index is 11.5. The number of primary amides is 1. The fourth-order valence-corrected chi connectivity index (χ4v) is 2.17. The number of hydrogen-bond donors (Lipinski definition) is 4. The molecule has 0 aliphatic heterocycles. The minimum absolute atomic E-state index is 0.0582. The number of carbonyl (C=O) groups excluding carboxylic acids is 2. The molecule has 1 aromatic heterocycles. The van der Waals surface area contributed by atoms with Gasteiger partial charge in [-0.15, -0.1) is 11.3 Å². The first kappa shape index (κ1) is 13.3. The van der Waals surface area contributed by atoms with Crippen molar-refractivity contribution in [1.82, 2.24) is 0 Å². The molecule has 7 N–H and O–H groups in total. The summed E-state index contributed by atoms with van der Waals surface area (Å²) >= 11 is 2.22. The molecule has 92 valence electrons. The van der Waals surface area contributed by atoms with E-state index in [0.717, 1.165) is 11.8 Å². The van der Waals surface area contributed by atoms with Crippen LogP contribution >= 0.6 is 23.1 Å². The van der Waals surface area contributed by atoms with Crippen LogP contribution in [-0.2, 0) is 4.79 Å². The molecule has 0 unspecified atom stereocenters. The molecule has 0 aliphatic rings. The van der Waals surface area contributed by atoms with Crippen molar-refractivity contribution in [3.8, 4) is 0 Å². The number of carbonyl (C=O) groups is 2. The van der Waals surface area contributed by atoms with E-state index in [0.29, 0.717) is 5.00 Å². The van der Waals surface area contributed by atoms with Gasteiger partial charge in [0.2, 0.25) is 5.91 Å². The zero-order valence-corrected chi connectivity index (χ0v) is 10.3. The van der Waals surface area contributed by atoms with Crippen molar-refractivity contribution in [3.05, 3.63) is 17.0 Å². The van der Waals surface area contributed by atoms with Crippen LogP contribution in [0.1, 0.15) is 10.4 Å². The summed E-state index contributed by atoms with van der Waals surface area (Å²) in [6, 6.07) is 1.55. The Balaban J connectivity index is 2.56. The zero-order chi connectivity index (χ0) is 12.8. The van der Waals surface area contributed by atoms with Crippen LogP contribution < -0.4 is 22.6 Å².